The van der Waals surface area contributed by atoms with Gasteiger partial charge < -0.3 is 35.8 Å². The molecule has 0 unspecified atom stereocenters. The first kappa shape index (κ1) is 47.5. The van der Waals surface area contributed by atoms with Gasteiger partial charge >= 0.3 is 0 Å². The number of amides is 2. The molecular formula is C52H72N4O5. The van der Waals surface area contributed by atoms with Gasteiger partial charge in [0.1, 0.15) is 0 Å². The van der Waals surface area contributed by atoms with E-state index in [1.807, 2.05) is 36.4 Å². The third kappa shape index (κ3) is 16.7. The van der Waals surface area contributed by atoms with E-state index < -0.39 is 6.29 Å². The van der Waals surface area contributed by atoms with Crippen molar-refractivity contribution in [2.24, 2.45) is 0 Å². The number of nitrogens with zero attached hydrogens (tertiary/aromatic N) is 1. The van der Waals surface area contributed by atoms with Gasteiger partial charge in [0.2, 0.25) is 11.8 Å². The lowest BCUT2D eigenvalue weighted by atomic mass is 9.98. The Kier molecular flexibility index (Phi) is 20.8. The quantitative estimate of drug-likeness (QED) is 0.0348. The lowest BCUT2D eigenvalue weighted by Crippen LogP contribution is -2.40. The maximum absolute atomic E-state index is 12.7. The zero-order chi connectivity index (χ0) is 43.1. The van der Waals surface area contributed by atoms with Crippen LogP contribution < -0.4 is 16.4 Å². The number of aliphatic hydroxyl groups is 1. The molecule has 5 rings (SSSR count). The number of unbranched alkanes of at least 4 members (excludes halogenated alkanes) is 10. The van der Waals surface area contributed by atoms with Crippen LogP contribution in [-0.2, 0) is 32.2 Å². The normalized spacial score (nSPS) is 16.4. The third-order valence-corrected chi connectivity index (χ3v) is 11.7. The van der Waals surface area contributed by atoms with Crippen molar-refractivity contribution in [3.05, 3.63) is 119 Å². The highest BCUT2D eigenvalue weighted by Gasteiger charge is 2.33. The second-order valence-corrected chi connectivity index (χ2v) is 16.8. The van der Waals surface area contributed by atoms with Crippen LogP contribution in [0, 0.1) is 0 Å². The molecule has 1 heterocycles. The number of anilines is 2. The Morgan fingerprint density at radius 3 is 1.98 bits per heavy atom. The largest absolute Gasteiger partial charge is 0.397 e. The van der Waals surface area contributed by atoms with Crippen LogP contribution in [0.25, 0.3) is 11.1 Å². The Hall–Kier alpha value is -4.54. The first-order chi connectivity index (χ1) is 29.8. The van der Waals surface area contributed by atoms with E-state index in [4.69, 9.17) is 15.2 Å². The zero-order valence-electron chi connectivity index (χ0n) is 36.9. The van der Waals surface area contributed by atoms with Crippen LogP contribution in [0.2, 0.25) is 0 Å². The summed E-state index contributed by atoms with van der Waals surface area (Å²) >= 11 is 0. The van der Waals surface area contributed by atoms with Crippen molar-refractivity contribution in [3.8, 4) is 11.1 Å². The summed E-state index contributed by atoms with van der Waals surface area (Å²) in [5.41, 5.74) is 13.1. The highest BCUT2D eigenvalue weighted by molar-refractivity contribution is 5.94. The van der Waals surface area contributed by atoms with Crippen LogP contribution in [-0.4, -0.2) is 47.6 Å². The monoisotopic (exact) mass is 833 g/mol. The molecule has 0 spiro atoms. The molecule has 0 bridgehead atoms. The molecule has 9 heteroatoms. The molecule has 1 aliphatic rings. The second kappa shape index (κ2) is 26.7. The summed E-state index contributed by atoms with van der Waals surface area (Å²) in [6.45, 7) is 8.05. The molecule has 4 aromatic carbocycles. The molecule has 1 fully saturated rings. The van der Waals surface area contributed by atoms with Crippen molar-refractivity contribution >= 4 is 23.2 Å². The van der Waals surface area contributed by atoms with Crippen LogP contribution in [0.4, 0.5) is 11.4 Å². The standard InChI is InChI=1S/C52H72N4O5/c1-3-5-7-9-11-15-33-56(34-16-12-10-8-6-4-2)38-46-36-49(43-27-25-40(39-57)26-28-43)61-52(60-46)44-31-29-42(30-32-44)45-20-17-19-41(35-45)37-54-50(58)23-18-24-51(59)55-48-22-14-13-21-47(48)53/h13-14,17,19-22,25-32,35,46,49,52,57H,3-12,15-16,18,23-24,33-34,36-39,53H2,1-2H3,(H,54,58)(H,55,59)/t46-,49+,52+/m1/s1. The molecule has 1 saturated heterocycles. The van der Waals surface area contributed by atoms with Gasteiger partial charge in [-0.05, 0) is 78.4 Å². The lowest BCUT2D eigenvalue weighted by Gasteiger charge is -2.38. The summed E-state index contributed by atoms with van der Waals surface area (Å²) in [5.74, 6) is -0.258. The summed E-state index contributed by atoms with van der Waals surface area (Å²) in [5, 5.41) is 15.5. The first-order valence-electron chi connectivity index (χ1n) is 23.2. The van der Waals surface area contributed by atoms with Crippen LogP contribution in [0.15, 0.2) is 97.1 Å². The van der Waals surface area contributed by atoms with E-state index in [0.717, 1.165) is 59.4 Å². The van der Waals surface area contributed by atoms with Gasteiger partial charge in [-0.2, -0.15) is 0 Å². The number of rotatable bonds is 27. The minimum absolute atomic E-state index is 0.0128. The number of nitrogen functional groups attached to an aromatic ring is 1. The van der Waals surface area contributed by atoms with Crippen LogP contribution in [0.1, 0.15) is 151 Å². The minimum atomic E-state index is -0.510. The van der Waals surface area contributed by atoms with E-state index in [9.17, 15) is 14.7 Å². The Balaban J connectivity index is 1.19. The van der Waals surface area contributed by atoms with Crippen LogP contribution >= 0.6 is 0 Å². The maximum Gasteiger partial charge on any atom is 0.224 e. The second-order valence-electron chi connectivity index (χ2n) is 16.8. The molecule has 4 aromatic rings. The Morgan fingerprint density at radius 1 is 0.672 bits per heavy atom. The van der Waals surface area contributed by atoms with Crippen molar-refractivity contribution in [1.82, 2.24) is 10.2 Å². The molecular weight excluding hydrogens is 761 g/mol. The molecule has 2 amide bonds. The van der Waals surface area contributed by atoms with E-state index >= 15 is 0 Å². The van der Waals surface area contributed by atoms with E-state index in [-0.39, 0.29) is 43.5 Å². The fourth-order valence-corrected chi connectivity index (χ4v) is 8.06. The summed E-state index contributed by atoms with van der Waals surface area (Å²) in [6.07, 6.45) is 16.6. The molecule has 0 aromatic heterocycles. The molecule has 5 N–H and O–H groups in total. The molecule has 0 aliphatic carbocycles. The van der Waals surface area contributed by atoms with Crippen molar-refractivity contribution in [1.29, 1.82) is 0 Å². The fraction of sp³-hybridized carbons (Fsp3) is 0.500. The number of benzene rings is 4. The van der Waals surface area contributed by atoms with Crippen molar-refractivity contribution in [3.63, 3.8) is 0 Å². The lowest BCUT2D eigenvalue weighted by molar-refractivity contribution is -0.253. The Labute approximate surface area is 365 Å². The smallest absolute Gasteiger partial charge is 0.224 e. The number of carbonyl (C=O) groups is 2. The van der Waals surface area contributed by atoms with E-state index in [2.05, 4.69) is 77.9 Å². The number of aliphatic hydroxyl groups excluding tert-OH is 1. The Morgan fingerprint density at radius 2 is 1.31 bits per heavy atom. The summed E-state index contributed by atoms with van der Waals surface area (Å²) < 4.78 is 13.6. The minimum Gasteiger partial charge on any atom is -0.397 e. The molecule has 0 saturated carbocycles. The van der Waals surface area contributed by atoms with E-state index in [0.29, 0.717) is 24.3 Å². The Bertz CT molecular complexity index is 1850. The van der Waals surface area contributed by atoms with Crippen molar-refractivity contribution in [2.45, 2.75) is 148 Å². The van der Waals surface area contributed by atoms with Crippen molar-refractivity contribution in [2.75, 3.05) is 30.7 Å². The van der Waals surface area contributed by atoms with Gasteiger partial charge in [-0.15, -0.1) is 0 Å². The number of hydrogen-bond donors (Lipinski definition) is 4. The predicted octanol–water partition coefficient (Wildman–Crippen LogP) is 11.4. The number of carbonyl (C=O) groups excluding carboxylic acids is 2. The van der Waals surface area contributed by atoms with Crippen molar-refractivity contribution < 1.29 is 24.2 Å². The first-order valence-corrected chi connectivity index (χ1v) is 23.2. The van der Waals surface area contributed by atoms with Gasteiger partial charge in [0.05, 0.1) is 30.2 Å². The predicted molar refractivity (Wildman–Crippen MR) is 249 cm³/mol. The molecule has 3 atom stereocenters. The van der Waals surface area contributed by atoms with Gasteiger partial charge in [0.15, 0.2) is 6.29 Å². The van der Waals surface area contributed by atoms with E-state index in [1.165, 1.54) is 77.0 Å². The summed E-state index contributed by atoms with van der Waals surface area (Å²) in [7, 11) is 0. The molecule has 1 aliphatic heterocycles. The number of ether oxygens (including phenoxy) is 2. The number of nitrogens with one attached hydrogen (secondary N) is 2. The third-order valence-electron chi connectivity index (χ3n) is 11.7. The van der Waals surface area contributed by atoms with Gasteiger partial charge in [-0.1, -0.05) is 157 Å². The van der Waals surface area contributed by atoms with Crippen LogP contribution in [0.3, 0.4) is 0 Å². The average Bonchev–Trinajstić information content (AvgIpc) is 3.28. The van der Waals surface area contributed by atoms with Gasteiger partial charge in [-0.3, -0.25) is 9.59 Å². The molecule has 61 heavy (non-hydrogen) atoms. The average molecular weight is 833 g/mol. The molecule has 0 radical (unpaired) electrons. The molecule has 9 nitrogen and oxygen atoms in total. The fourth-order valence-electron chi connectivity index (χ4n) is 8.06. The summed E-state index contributed by atoms with van der Waals surface area (Å²) in [4.78, 5) is 27.7. The highest BCUT2D eigenvalue weighted by Crippen LogP contribution is 2.39. The van der Waals surface area contributed by atoms with Crippen LogP contribution in [0.5, 0.6) is 0 Å². The van der Waals surface area contributed by atoms with E-state index in [1.54, 1.807) is 12.1 Å². The summed E-state index contributed by atoms with van der Waals surface area (Å²) in [6, 6.07) is 31.9. The maximum atomic E-state index is 12.7. The topological polar surface area (TPSA) is 126 Å². The zero-order valence-corrected chi connectivity index (χ0v) is 36.9. The highest BCUT2D eigenvalue weighted by atomic mass is 16.7. The number of nitrogens with two attached hydrogens (primary N) is 1. The van der Waals surface area contributed by atoms with Gasteiger partial charge in [0.25, 0.3) is 0 Å². The number of hydrogen-bond acceptors (Lipinski definition) is 7. The molecule has 330 valence electrons. The van der Waals surface area contributed by atoms with Gasteiger partial charge in [0, 0.05) is 37.9 Å². The van der Waals surface area contributed by atoms with Gasteiger partial charge in [-0.25, -0.2) is 0 Å². The number of para-hydroxylation sites is 2. The SMILES string of the molecule is CCCCCCCCN(CCCCCCCC)C[C@H]1C[C@@H](c2ccc(CO)cc2)O[C@@H](c2ccc(-c3cccc(CNC(=O)CCCC(=O)Nc4ccccc4N)c3)cc2)O1.